The summed E-state index contributed by atoms with van der Waals surface area (Å²) in [4.78, 5) is 23.7. The number of halogens is 1. The number of amides is 1. The van der Waals surface area contributed by atoms with Gasteiger partial charge in [0.25, 0.3) is 0 Å². The molecule has 0 aliphatic rings. The lowest BCUT2D eigenvalue weighted by Gasteiger charge is -2.11. The number of carbonyl (C=O) groups excluding carboxylic acids is 2. The highest BCUT2D eigenvalue weighted by Crippen LogP contribution is 2.24. The van der Waals surface area contributed by atoms with Crippen molar-refractivity contribution in [2.24, 2.45) is 0 Å². The third kappa shape index (κ3) is 6.11. The zero-order valence-electron chi connectivity index (χ0n) is 10.8. The molecule has 1 amide bonds. The first-order valence-electron chi connectivity index (χ1n) is 5.79. The Balaban J connectivity index is 2.36. The molecule has 0 aliphatic heterocycles. The maximum absolute atomic E-state index is 11.8. The normalized spacial score (nSPS) is 11.7. The first-order valence-corrected chi connectivity index (χ1v) is 7.47. The Morgan fingerprint density at radius 2 is 2.00 bits per heavy atom. The lowest BCUT2D eigenvalue weighted by atomic mass is 10.4. The molecule has 19 heavy (non-hydrogen) atoms. The van der Waals surface area contributed by atoms with Crippen molar-refractivity contribution >= 4 is 39.6 Å². The van der Waals surface area contributed by atoms with Gasteiger partial charge < -0.3 is 10.1 Å². The third-order valence-corrected chi connectivity index (χ3v) is 3.99. The molecular formula is C13H16BrNO3S. The van der Waals surface area contributed by atoms with Crippen LogP contribution in [0.2, 0.25) is 0 Å². The minimum Gasteiger partial charge on any atom is -0.469 e. The van der Waals surface area contributed by atoms with Crippen molar-refractivity contribution in [2.75, 3.05) is 13.7 Å². The SMILES string of the molecule is COC(=O)CCNC(=O)C(C)Sc1ccc(Br)cc1. The molecule has 0 bridgehead atoms. The van der Waals surface area contributed by atoms with Crippen LogP contribution in [0.1, 0.15) is 13.3 Å². The zero-order chi connectivity index (χ0) is 14.3. The maximum atomic E-state index is 11.8. The number of ether oxygens (including phenoxy) is 1. The quantitative estimate of drug-likeness (QED) is 0.636. The van der Waals surface area contributed by atoms with Crippen molar-refractivity contribution < 1.29 is 14.3 Å². The molecule has 6 heteroatoms. The smallest absolute Gasteiger partial charge is 0.307 e. The summed E-state index contributed by atoms with van der Waals surface area (Å²) < 4.78 is 5.51. The molecule has 1 aromatic rings. The first-order chi connectivity index (χ1) is 9.02. The second kappa shape index (κ2) is 8.22. The lowest BCUT2D eigenvalue weighted by molar-refractivity contribution is -0.140. The van der Waals surface area contributed by atoms with E-state index in [2.05, 4.69) is 26.0 Å². The van der Waals surface area contributed by atoms with Gasteiger partial charge >= 0.3 is 5.97 Å². The monoisotopic (exact) mass is 345 g/mol. The molecule has 0 fully saturated rings. The van der Waals surface area contributed by atoms with Crippen LogP contribution in [0.5, 0.6) is 0 Å². The van der Waals surface area contributed by atoms with E-state index in [1.54, 1.807) is 0 Å². The summed E-state index contributed by atoms with van der Waals surface area (Å²) in [6, 6.07) is 7.77. The Kier molecular flexibility index (Phi) is 6.94. The van der Waals surface area contributed by atoms with E-state index in [1.807, 2.05) is 31.2 Å². The minimum atomic E-state index is -0.325. The van der Waals surface area contributed by atoms with Crippen molar-refractivity contribution in [1.29, 1.82) is 0 Å². The van der Waals surface area contributed by atoms with E-state index in [-0.39, 0.29) is 23.5 Å². The molecule has 4 nitrogen and oxygen atoms in total. The van der Waals surface area contributed by atoms with Crippen LogP contribution in [-0.2, 0) is 14.3 Å². The van der Waals surface area contributed by atoms with Crippen LogP contribution in [0, 0.1) is 0 Å². The lowest BCUT2D eigenvalue weighted by Crippen LogP contribution is -2.32. The number of hydrogen-bond donors (Lipinski definition) is 1. The van der Waals surface area contributed by atoms with E-state index < -0.39 is 0 Å². The van der Waals surface area contributed by atoms with Crippen LogP contribution < -0.4 is 5.32 Å². The van der Waals surface area contributed by atoms with E-state index in [9.17, 15) is 9.59 Å². The summed E-state index contributed by atoms with van der Waals surface area (Å²) in [6.45, 7) is 2.14. The number of nitrogens with one attached hydrogen (secondary N) is 1. The number of esters is 1. The Morgan fingerprint density at radius 3 is 2.58 bits per heavy atom. The highest BCUT2D eigenvalue weighted by molar-refractivity contribution is 9.10. The van der Waals surface area contributed by atoms with Crippen molar-refractivity contribution in [1.82, 2.24) is 5.32 Å². The number of thioether (sulfide) groups is 1. The largest absolute Gasteiger partial charge is 0.469 e. The number of hydrogen-bond acceptors (Lipinski definition) is 4. The number of methoxy groups -OCH3 is 1. The molecule has 0 saturated carbocycles. The van der Waals surface area contributed by atoms with Gasteiger partial charge in [-0.1, -0.05) is 15.9 Å². The second-order valence-electron chi connectivity index (χ2n) is 3.83. The summed E-state index contributed by atoms with van der Waals surface area (Å²) in [5.74, 6) is -0.412. The van der Waals surface area contributed by atoms with Crippen molar-refractivity contribution in [3.05, 3.63) is 28.7 Å². The van der Waals surface area contributed by atoms with Crippen LogP contribution in [0.4, 0.5) is 0 Å². The topological polar surface area (TPSA) is 55.4 Å². The zero-order valence-corrected chi connectivity index (χ0v) is 13.2. The van der Waals surface area contributed by atoms with Crippen molar-refractivity contribution in [3.8, 4) is 0 Å². The van der Waals surface area contributed by atoms with Gasteiger partial charge in [0.05, 0.1) is 18.8 Å². The molecule has 1 aromatic carbocycles. The predicted octanol–water partition coefficient (Wildman–Crippen LogP) is 2.61. The Hall–Kier alpha value is -1.01. The average molecular weight is 346 g/mol. The highest BCUT2D eigenvalue weighted by atomic mass is 79.9. The summed E-state index contributed by atoms with van der Waals surface area (Å²) in [6.07, 6.45) is 0.192. The summed E-state index contributed by atoms with van der Waals surface area (Å²) in [7, 11) is 1.33. The van der Waals surface area contributed by atoms with Crippen LogP contribution >= 0.6 is 27.7 Å². The number of rotatable bonds is 6. The molecular weight excluding hydrogens is 330 g/mol. The Bertz CT molecular complexity index is 436. The molecule has 1 N–H and O–H groups in total. The molecule has 1 rings (SSSR count). The molecule has 1 atom stereocenters. The fourth-order valence-electron chi connectivity index (χ4n) is 1.30. The van der Waals surface area contributed by atoms with Crippen LogP contribution in [-0.4, -0.2) is 30.8 Å². The van der Waals surface area contributed by atoms with Crippen LogP contribution in [0.25, 0.3) is 0 Å². The number of carbonyl (C=O) groups is 2. The Labute approximate surface area is 125 Å². The maximum Gasteiger partial charge on any atom is 0.307 e. The van der Waals surface area contributed by atoms with Gasteiger partial charge in [-0.05, 0) is 31.2 Å². The van der Waals surface area contributed by atoms with E-state index >= 15 is 0 Å². The first kappa shape index (κ1) is 16.0. The fraction of sp³-hybridized carbons (Fsp3) is 0.385. The fourth-order valence-corrected chi connectivity index (χ4v) is 2.46. The van der Waals surface area contributed by atoms with Crippen LogP contribution in [0.15, 0.2) is 33.6 Å². The van der Waals surface area contributed by atoms with E-state index in [1.165, 1.54) is 18.9 Å². The summed E-state index contributed by atoms with van der Waals surface area (Å²) in [5.41, 5.74) is 0. The van der Waals surface area contributed by atoms with Crippen molar-refractivity contribution in [3.63, 3.8) is 0 Å². The summed E-state index contributed by atoms with van der Waals surface area (Å²) >= 11 is 4.84. The summed E-state index contributed by atoms with van der Waals surface area (Å²) in [5, 5.41) is 2.50. The van der Waals surface area contributed by atoms with E-state index in [0.717, 1.165) is 9.37 Å². The van der Waals surface area contributed by atoms with Gasteiger partial charge in [-0.2, -0.15) is 0 Å². The van der Waals surface area contributed by atoms with Gasteiger partial charge in [-0.25, -0.2) is 0 Å². The molecule has 0 heterocycles. The van der Waals surface area contributed by atoms with Gasteiger partial charge in [-0.15, -0.1) is 11.8 Å². The van der Waals surface area contributed by atoms with Gasteiger partial charge in [0.15, 0.2) is 0 Å². The van der Waals surface area contributed by atoms with Gasteiger partial charge in [-0.3, -0.25) is 9.59 Å². The predicted molar refractivity (Wildman–Crippen MR) is 79.1 cm³/mol. The van der Waals surface area contributed by atoms with Crippen LogP contribution in [0.3, 0.4) is 0 Å². The molecule has 0 radical (unpaired) electrons. The molecule has 0 spiro atoms. The number of benzene rings is 1. The van der Waals surface area contributed by atoms with Crippen molar-refractivity contribution in [2.45, 2.75) is 23.5 Å². The second-order valence-corrected chi connectivity index (χ2v) is 6.16. The van der Waals surface area contributed by atoms with Gasteiger partial charge in [0.2, 0.25) is 5.91 Å². The van der Waals surface area contributed by atoms with Gasteiger partial charge in [0.1, 0.15) is 0 Å². The molecule has 0 saturated heterocycles. The molecule has 104 valence electrons. The average Bonchev–Trinajstić information content (AvgIpc) is 2.40. The van der Waals surface area contributed by atoms with Gasteiger partial charge in [0, 0.05) is 15.9 Å². The molecule has 1 unspecified atom stereocenters. The van der Waals surface area contributed by atoms with E-state index in [0.29, 0.717) is 6.54 Å². The Morgan fingerprint density at radius 1 is 1.37 bits per heavy atom. The molecule has 0 aliphatic carbocycles. The molecule has 0 aromatic heterocycles. The van der Waals surface area contributed by atoms with E-state index in [4.69, 9.17) is 0 Å². The third-order valence-electron chi connectivity index (χ3n) is 2.35. The minimum absolute atomic E-state index is 0.0863. The standard InChI is InChI=1S/C13H16BrNO3S/c1-9(13(17)15-8-7-12(16)18-2)19-11-5-3-10(14)4-6-11/h3-6,9H,7-8H2,1-2H3,(H,15,17). The highest BCUT2D eigenvalue weighted by Gasteiger charge is 2.14.